The number of nitrogens with one attached hydrogen (secondary N) is 2. The van der Waals surface area contributed by atoms with Gasteiger partial charge in [-0.05, 0) is 61.6 Å². The first kappa shape index (κ1) is 29.8. The van der Waals surface area contributed by atoms with Crippen LogP contribution < -0.4 is 16.4 Å². The minimum atomic E-state index is 0.411. The van der Waals surface area contributed by atoms with E-state index in [0.717, 1.165) is 17.2 Å². The third kappa shape index (κ3) is 11.3. The Bertz CT molecular complexity index is 1170. The van der Waals surface area contributed by atoms with Crippen molar-refractivity contribution in [2.45, 2.75) is 82.8 Å². The molecule has 204 valence electrons. The van der Waals surface area contributed by atoms with E-state index in [1.807, 2.05) is 30.5 Å². The number of anilines is 2. The van der Waals surface area contributed by atoms with Gasteiger partial charge in [-0.1, -0.05) is 56.2 Å². The lowest BCUT2D eigenvalue weighted by atomic mass is 9.95. The summed E-state index contributed by atoms with van der Waals surface area (Å²) in [6.07, 6.45) is 18.0. The molecule has 0 aliphatic heterocycles. The molecule has 2 fully saturated rings. The van der Waals surface area contributed by atoms with Crippen molar-refractivity contribution in [2.24, 2.45) is 5.73 Å². The molecule has 9 heteroatoms. The van der Waals surface area contributed by atoms with Crippen LogP contribution in [-0.2, 0) is 6.54 Å². The maximum atomic E-state index is 8.64. The molecule has 3 aromatic heterocycles. The highest BCUT2D eigenvalue weighted by atomic mass is 35.5. The molecule has 3 heterocycles. The van der Waals surface area contributed by atoms with E-state index in [-0.39, 0.29) is 0 Å². The second-order valence-corrected chi connectivity index (χ2v) is 10.1. The van der Waals surface area contributed by atoms with Crippen molar-refractivity contribution in [1.82, 2.24) is 15.0 Å². The molecule has 0 radical (unpaired) electrons. The zero-order valence-electron chi connectivity index (χ0n) is 22.3. The molecule has 0 atom stereocenters. The standard InChI is InChI=1S/C12H19N3.C12H15N3.C6H3ClN2/c2*13-8-10-6-7-12(14-9-10)15-11-4-2-1-3-5-11;7-6-2-1-5(3-8)4-9-6/h6-7,9,11H,1-5,8,13H2,(H,14,15);6-7,9,11H,1-5H2,(H,14,15);1-2,4H. The van der Waals surface area contributed by atoms with Gasteiger partial charge in [0.05, 0.1) is 11.1 Å². The van der Waals surface area contributed by atoms with E-state index in [4.69, 9.17) is 27.9 Å². The molecule has 2 saturated carbocycles. The number of nitrogens with two attached hydrogens (primary N) is 1. The van der Waals surface area contributed by atoms with Crippen LogP contribution in [0.5, 0.6) is 0 Å². The lowest BCUT2D eigenvalue weighted by Crippen LogP contribution is -2.22. The predicted octanol–water partition coefficient (Wildman–Crippen LogP) is 6.59. The highest BCUT2D eigenvalue weighted by Gasteiger charge is 2.14. The monoisotopic (exact) mass is 544 g/mol. The molecule has 5 rings (SSSR count). The van der Waals surface area contributed by atoms with Crippen LogP contribution in [0.25, 0.3) is 0 Å². The average Bonchev–Trinajstić information content (AvgIpc) is 3.00. The fraction of sp³-hybridized carbons (Fsp3) is 0.433. The maximum Gasteiger partial charge on any atom is 0.129 e. The van der Waals surface area contributed by atoms with Crippen molar-refractivity contribution in [2.75, 3.05) is 10.6 Å². The van der Waals surface area contributed by atoms with Crippen LogP contribution in [0, 0.1) is 22.7 Å². The summed E-state index contributed by atoms with van der Waals surface area (Å²) in [5, 5.41) is 24.2. The number of pyridine rings is 3. The van der Waals surface area contributed by atoms with E-state index in [1.165, 1.54) is 70.4 Å². The molecule has 4 N–H and O–H groups in total. The Hall–Kier alpha value is -3.72. The SMILES string of the molecule is N#Cc1ccc(Cl)nc1.N#Cc1ccc(NC2CCCCC2)nc1.NCc1ccc(NC2CCCCC2)nc1. The topological polar surface area (TPSA) is 136 Å². The van der Waals surface area contributed by atoms with E-state index < -0.39 is 0 Å². The average molecular weight is 545 g/mol. The third-order valence-corrected chi connectivity index (χ3v) is 6.95. The summed E-state index contributed by atoms with van der Waals surface area (Å²) in [5.41, 5.74) is 7.75. The number of nitrogens with zero attached hydrogens (tertiary/aromatic N) is 5. The van der Waals surface area contributed by atoms with Crippen molar-refractivity contribution in [3.8, 4) is 12.1 Å². The Kier molecular flexibility index (Phi) is 13.0. The van der Waals surface area contributed by atoms with Gasteiger partial charge in [-0.25, -0.2) is 15.0 Å². The van der Waals surface area contributed by atoms with Gasteiger partial charge in [0.1, 0.15) is 28.9 Å². The quantitative estimate of drug-likeness (QED) is 0.306. The lowest BCUT2D eigenvalue weighted by Gasteiger charge is -2.23. The molecule has 0 amide bonds. The van der Waals surface area contributed by atoms with Crippen molar-refractivity contribution in [3.05, 3.63) is 76.8 Å². The molecule has 0 saturated heterocycles. The molecule has 0 unspecified atom stereocenters. The number of nitriles is 2. The van der Waals surface area contributed by atoms with Crippen LogP contribution in [-0.4, -0.2) is 27.0 Å². The summed E-state index contributed by atoms with van der Waals surface area (Å²) >= 11 is 5.45. The maximum absolute atomic E-state index is 8.64. The summed E-state index contributed by atoms with van der Waals surface area (Å²) in [7, 11) is 0. The van der Waals surface area contributed by atoms with Gasteiger partial charge >= 0.3 is 0 Å². The Labute approximate surface area is 236 Å². The largest absolute Gasteiger partial charge is 0.367 e. The van der Waals surface area contributed by atoms with Crippen molar-refractivity contribution < 1.29 is 0 Å². The van der Waals surface area contributed by atoms with E-state index in [0.29, 0.717) is 34.9 Å². The minimum absolute atomic E-state index is 0.411. The summed E-state index contributed by atoms with van der Waals surface area (Å²) in [6.45, 7) is 0.566. The molecule has 0 spiro atoms. The Balaban J connectivity index is 0.000000167. The smallest absolute Gasteiger partial charge is 0.129 e. The highest BCUT2D eigenvalue weighted by Crippen LogP contribution is 2.21. The van der Waals surface area contributed by atoms with Crippen molar-refractivity contribution in [1.29, 1.82) is 10.5 Å². The van der Waals surface area contributed by atoms with Crippen LogP contribution >= 0.6 is 11.6 Å². The van der Waals surface area contributed by atoms with Crippen LogP contribution in [0.4, 0.5) is 11.6 Å². The normalized spacial score (nSPS) is 15.3. The van der Waals surface area contributed by atoms with Crippen LogP contribution in [0.2, 0.25) is 5.15 Å². The second kappa shape index (κ2) is 17.0. The minimum Gasteiger partial charge on any atom is -0.367 e. The number of hydrogen-bond donors (Lipinski definition) is 3. The van der Waals surface area contributed by atoms with Gasteiger partial charge in [-0.3, -0.25) is 0 Å². The molecule has 8 nitrogen and oxygen atoms in total. The summed E-state index contributed by atoms with van der Waals surface area (Å²) in [6, 6.07) is 16.1. The summed E-state index contributed by atoms with van der Waals surface area (Å²) < 4.78 is 0. The van der Waals surface area contributed by atoms with E-state index >= 15 is 0 Å². The molecular formula is C30H37ClN8. The van der Waals surface area contributed by atoms with Crippen molar-refractivity contribution in [3.63, 3.8) is 0 Å². The highest BCUT2D eigenvalue weighted by molar-refractivity contribution is 6.29. The first-order chi connectivity index (χ1) is 19.1. The molecule has 3 aromatic rings. The summed E-state index contributed by atoms with van der Waals surface area (Å²) in [5.74, 6) is 1.88. The third-order valence-electron chi connectivity index (χ3n) is 6.72. The molecule has 2 aliphatic carbocycles. The zero-order valence-corrected chi connectivity index (χ0v) is 23.1. The number of rotatable bonds is 5. The van der Waals surface area contributed by atoms with Gasteiger partial charge < -0.3 is 16.4 Å². The van der Waals surface area contributed by atoms with Crippen LogP contribution in [0.3, 0.4) is 0 Å². The fourth-order valence-electron chi connectivity index (χ4n) is 4.53. The van der Waals surface area contributed by atoms with Gasteiger partial charge in [0.15, 0.2) is 0 Å². The van der Waals surface area contributed by atoms with E-state index in [2.05, 4.69) is 31.7 Å². The molecular weight excluding hydrogens is 508 g/mol. The van der Waals surface area contributed by atoms with E-state index in [1.54, 1.807) is 24.4 Å². The Morgan fingerprint density at radius 2 is 1.18 bits per heavy atom. The van der Waals surface area contributed by atoms with Gasteiger partial charge in [0, 0.05) is 37.2 Å². The molecule has 39 heavy (non-hydrogen) atoms. The van der Waals surface area contributed by atoms with Crippen LogP contribution in [0.15, 0.2) is 55.0 Å². The summed E-state index contributed by atoms with van der Waals surface area (Å²) in [4.78, 5) is 12.3. The molecule has 0 bridgehead atoms. The Morgan fingerprint density at radius 1 is 0.692 bits per heavy atom. The molecule has 0 aromatic carbocycles. The van der Waals surface area contributed by atoms with Gasteiger partial charge in [0.25, 0.3) is 0 Å². The van der Waals surface area contributed by atoms with Gasteiger partial charge in [0.2, 0.25) is 0 Å². The number of hydrogen-bond acceptors (Lipinski definition) is 8. The first-order valence-corrected chi connectivity index (χ1v) is 14.0. The van der Waals surface area contributed by atoms with E-state index in [9.17, 15) is 0 Å². The predicted molar refractivity (Wildman–Crippen MR) is 156 cm³/mol. The van der Waals surface area contributed by atoms with Gasteiger partial charge in [-0.2, -0.15) is 10.5 Å². The van der Waals surface area contributed by atoms with Crippen LogP contribution in [0.1, 0.15) is 80.9 Å². The zero-order chi connectivity index (χ0) is 27.7. The first-order valence-electron chi connectivity index (χ1n) is 13.7. The van der Waals surface area contributed by atoms with Crippen molar-refractivity contribution >= 4 is 23.2 Å². The number of aromatic nitrogens is 3. The Morgan fingerprint density at radius 3 is 1.56 bits per heavy atom. The van der Waals surface area contributed by atoms with Gasteiger partial charge in [-0.15, -0.1) is 0 Å². The second-order valence-electron chi connectivity index (χ2n) is 9.74. The fourth-order valence-corrected chi connectivity index (χ4v) is 4.64. The molecule has 2 aliphatic rings. The number of halogens is 1. The lowest BCUT2D eigenvalue weighted by molar-refractivity contribution is 0.462.